The molecule has 3 aromatic rings. The van der Waals surface area contributed by atoms with Gasteiger partial charge in [-0.25, -0.2) is 4.68 Å². The van der Waals surface area contributed by atoms with E-state index in [2.05, 4.69) is 15.5 Å². The van der Waals surface area contributed by atoms with Crippen LogP contribution in [-0.2, 0) is 6.67 Å². The summed E-state index contributed by atoms with van der Waals surface area (Å²) in [5.41, 5.74) is 0.291. The number of hydrogen-bond donors (Lipinski definition) is 2. The topological polar surface area (TPSA) is 128 Å². The fourth-order valence-electron chi connectivity index (χ4n) is 2.00. The van der Waals surface area contributed by atoms with Gasteiger partial charge in [0.25, 0.3) is 5.91 Å². The summed E-state index contributed by atoms with van der Waals surface area (Å²) >= 11 is 0. The molecule has 10 heteroatoms. The van der Waals surface area contributed by atoms with Crippen LogP contribution in [0.4, 0.5) is 11.4 Å². The normalized spacial score (nSPS) is 10.5. The van der Waals surface area contributed by atoms with Crippen molar-refractivity contribution in [1.29, 1.82) is 0 Å². The van der Waals surface area contributed by atoms with Crippen LogP contribution in [0.25, 0.3) is 0 Å². The molecule has 0 saturated heterocycles. The van der Waals surface area contributed by atoms with E-state index >= 15 is 0 Å². The maximum atomic E-state index is 12.1. The van der Waals surface area contributed by atoms with Crippen LogP contribution in [0.1, 0.15) is 10.5 Å². The van der Waals surface area contributed by atoms with Gasteiger partial charge >= 0.3 is 5.69 Å². The number of carbonyl (C=O) groups is 1. The molecule has 0 bridgehead atoms. The van der Waals surface area contributed by atoms with Crippen molar-refractivity contribution in [3.63, 3.8) is 0 Å². The van der Waals surface area contributed by atoms with E-state index in [0.29, 0.717) is 0 Å². The number of rotatable bonds is 5. The maximum absolute atomic E-state index is 12.1. The van der Waals surface area contributed by atoms with Gasteiger partial charge in [0, 0.05) is 6.20 Å². The van der Waals surface area contributed by atoms with Gasteiger partial charge in [0.15, 0.2) is 5.69 Å². The van der Waals surface area contributed by atoms with Crippen LogP contribution in [0, 0.1) is 10.1 Å². The number of anilines is 1. The fourth-order valence-corrected chi connectivity index (χ4v) is 2.00. The Morgan fingerprint density at radius 1 is 1.29 bits per heavy atom. The minimum Gasteiger partial charge on any atom is -0.506 e. The summed E-state index contributed by atoms with van der Waals surface area (Å²) in [6, 6.07) is 7.83. The number of para-hydroxylation sites is 2. The number of aromatic hydroxyl groups is 1. The third kappa shape index (κ3) is 3.21. The predicted molar refractivity (Wildman–Crippen MR) is 82.6 cm³/mol. The Kier molecular flexibility index (Phi) is 3.93. The van der Waals surface area contributed by atoms with Gasteiger partial charge in [0.1, 0.15) is 24.8 Å². The zero-order chi connectivity index (χ0) is 17.1. The summed E-state index contributed by atoms with van der Waals surface area (Å²) in [6.45, 7) is 0.123. The van der Waals surface area contributed by atoms with Crippen LogP contribution in [-0.4, -0.2) is 35.5 Å². The summed E-state index contributed by atoms with van der Waals surface area (Å²) in [5, 5.41) is 30.7. The lowest BCUT2D eigenvalue weighted by Crippen LogP contribution is -2.15. The lowest BCUT2D eigenvalue weighted by molar-refractivity contribution is -0.385. The van der Waals surface area contributed by atoms with Crippen molar-refractivity contribution >= 4 is 17.3 Å². The van der Waals surface area contributed by atoms with E-state index in [1.165, 1.54) is 27.7 Å². The Morgan fingerprint density at radius 3 is 2.79 bits per heavy atom. The average molecular weight is 328 g/mol. The van der Waals surface area contributed by atoms with Gasteiger partial charge in [0.05, 0.1) is 10.6 Å². The van der Waals surface area contributed by atoms with E-state index in [0.717, 1.165) is 6.20 Å². The van der Waals surface area contributed by atoms with Gasteiger partial charge in [-0.2, -0.15) is 10.2 Å². The third-order valence-electron chi connectivity index (χ3n) is 3.15. The molecule has 0 saturated carbocycles. The number of hydrogen-bond acceptors (Lipinski definition) is 6. The molecule has 0 aliphatic heterocycles. The SMILES string of the molecule is O=C(Nc1ccccc1O)c1ccn(Cn2cc([N+](=O)[O-])cn2)n1. The number of nitrogens with one attached hydrogen (secondary N) is 1. The van der Waals surface area contributed by atoms with Gasteiger partial charge in [0.2, 0.25) is 0 Å². The zero-order valence-electron chi connectivity index (χ0n) is 12.2. The zero-order valence-corrected chi connectivity index (χ0v) is 12.2. The van der Waals surface area contributed by atoms with Gasteiger partial charge in [-0.15, -0.1) is 0 Å². The molecule has 2 N–H and O–H groups in total. The second-order valence-electron chi connectivity index (χ2n) is 4.85. The number of amides is 1. The van der Waals surface area contributed by atoms with Crippen LogP contribution in [0.15, 0.2) is 48.9 Å². The molecule has 0 fully saturated rings. The number of carbonyl (C=O) groups excluding carboxylic acids is 1. The molecule has 1 aromatic carbocycles. The smallest absolute Gasteiger partial charge is 0.307 e. The minimum atomic E-state index is -0.544. The number of aromatic nitrogens is 4. The Hall–Kier alpha value is -3.69. The Morgan fingerprint density at radius 2 is 2.08 bits per heavy atom. The van der Waals surface area contributed by atoms with Crippen LogP contribution in [0.3, 0.4) is 0 Å². The van der Waals surface area contributed by atoms with Gasteiger partial charge < -0.3 is 10.4 Å². The molecule has 3 rings (SSSR count). The highest BCUT2D eigenvalue weighted by molar-refractivity contribution is 6.03. The molecule has 0 unspecified atom stereocenters. The summed E-state index contributed by atoms with van der Waals surface area (Å²) < 4.78 is 2.74. The van der Waals surface area contributed by atoms with Crippen molar-refractivity contribution in [2.75, 3.05) is 5.32 Å². The first-order valence-electron chi connectivity index (χ1n) is 6.82. The average Bonchev–Trinajstić information content (AvgIpc) is 3.19. The van der Waals surface area contributed by atoms with Crippen LogP contribution >= 0.6 is 0 Å². The van der Waals surface area contributed by atoms with Crippen molar-refractivity contribution < 1.29 is 14.8 Å². The van der Waals surface area contributed by atoms with Gasteiger partial charge in [-0.3, -0.25) is 19.6 Å². The van der Waals surface area contributed by atoms with E-state index in [1.54, 1.807) is 24.4 Å². The first-order valence-corrected chi connectivity index (χ1v) is 6.82. The molecule has 2 aromatic heterocycles. The third-order valence-corrected chi connectivity index (χ3v) is 3.15. The molecule has 0 aliphatic carbocycles. The van der Waals surface area contributed by atoms with Gasteiger partial charge in [-0.05, 0) is 18.2 Å². The summed E-state index contributed by atoms with van der Waals surface area (Å²) in [5.74, 6) is -0.532. The van der Waals surface area contributed by atoms with Gasteiger partial charge in [-0.1, -0.05) is 12.1 Å². The van der Waals surface area contributed by atoms with E-state index < -0.39 is 10.8 Å². The second-order valence-corrected chi connectivity index (χ2v) is 4.85. The van der Waals surface area contributed by atoms with E-state index in [9.17, 15) is 20.0 Å². The molecule has 10 nitrogen and oxygen atoms in total. The monoisotopic (exact) mass is 328 g/mol. The first-order chi connectivity index (χ1) is 11.5. The molecule has 0 aliphatic rings. The highest BCUT2D eigenvalue weighted by Crippen LogP contribution is 2.21. The molecular weight excluding hydrogens is 316 g/mol. The minimum absolute atomic E-state index is 0.0471. The number of nitro groups is 1. The van der Waals surface area contributed by atoms with Crippen molar-refractivity contribution in [3.8, 4) is 5.75 Å². The number of benzene rings is 1. The molecule has 0 atom stereocenters. The molecule has 1 amide bonds. The van der Waals surface area contributed by atoms with Crippen LogP contribution < -0.4 is 5.32 Å². The summed E-state index contributed by atoms with van der Waals surface area (Å²) in [6.07, 6.45) is 3.95. The summed E-state index contributed by atoms with van der Waals surface area (Å²) in [4.78, 5) is 22.2. The molecule has 0 spiro atoms. The van der Waals surface area contributed by atoms with E-state index in [-0.39, 0.29) is 29.5 Å². The standard InChI is InChI=1S/C14H12N6O4/c21-13-4-2-1-3-11(13)16-14(22)12-5-6-18(17-12)9-19-8-10(7-15-19)20(23)24/h1-8,21H,9H2,(H,16,22). The van der Waals surface area contributed by atoms with Crippen molar-refractivity contribution in [2.24, 2.45) is 0 Å². The lowest BCUT2D eigenvalue weighted by atomic mass is 10.3. The second kappa shape index (κ2) is 6.20. The molecular formula is C14H12N6O4. The van der Waals surface area contributed by atoms with Crippen molar-refractivity contribution in [3.05, 3.63) is 64.7 Å². The Labute approximate surface area is 135 Å². The van der Waals surface area contributed by atoms with Crippen molar-refractivity contribution in [1.82, 2.24) is 19.6 Å². The molecule has 24 heavy (non-hydrogen) atoms. The largest absolute Gasteiger partial charge is 0.506 e. The molecule has 2 heterocycles. The summed E-state index contributed by atoms with van der Waals surface area (Å²) in [7, 11) is 0. The highest BCUT2D eigenvalue weighted by Gasteiger charge is 2.13. The molecule has 122 valence electrons. The Balaban J connectivity index is 1.69. The van der Waals surface area contributed by atoms with Crippen LogP contribution in [0.5, 0.6) is 5.75 Å². The van der Waals surface area contributed by atoms with Crippen molar-refractivity contribution in [2.45, 2.75) is 6.67 Å². The van der Waals surface area contributed by atoms with E-state index in [1.807, 2.05) is 0 Å². The van der Waals surface area contributed by atoms with Crippen LogP contribution in [0.2, 0.25) is 0 Å². The number of phenols is 1. The highest BCUT2D eigenvalue weighted by atomic mass is 16.6. The van der Waals surface area contributed by atoms with E-state index in [4.69, 9.17) is 0 Å². The lowest BCUT2D eigenvalue weighted by Gasteiger charge is -2.05. The first kappa shape index (κ1) is 15.2. The number of phenolic OH excluding ortho intramolecular Hbond substituents is 1. The number of nitrogens with zero attached hydrogens (tertiary/aromatic N) is 5. The fraction of sp³-hybridized carbons (Fsp3) is 0.0714. The Bertz CT molecular complexity index is 900. The predicted octanol–water partition coefficient (Wildman–Crippen LogP) is 1.45. The quantitative estimate of drug-likeness (QED) is 0.414. The molecule has 0 radical (unpaired) electrons. The maximum Gasteiger partial charge on any atom is 0.307 e.